The van der Waals surface area contributed by atoms with Crippen molar-refractivity contribution in [3.05, 3.63) is 66.6 Å². The molecule has 0 radical (unpaired) electrons. The summed E-state index contributed by atoms with van der Waals surface area (Å²) in [4.78, 5) is 36.3. The summed E-state index contributed by atoms with van der Waals surface area (Å²) in [6.07, 6.45) is 8.72. The molecule has 1 saturated carbocycles. The summed E-state index contributed by atoms with van der Waals surface area (Å²) >= 11 is 0. The molecule has 13 heteroatoms. The molecule has 12 nitrogen and oxygen atoms in total. The van der Waals surface area contributed by atoms with E-state index >= 15 is 0 Å². The van der Waals surface area contributed by atoms with E-state index in [1.807, 2.05) is 6.07 Å². The second kappa shape index (κ2) is 11.2. The summed E-state index contributed by atoms with van der Waals surface area (Å²) in [6, 6.07) is 8.88. The van der Waals surface area contributed by atoms with Crippen LogP contribution in [0, 0.1) is 5.82 Å². The molecule has 5 N–H and O–H groups in total. The van der Waals surface area contributed by atoms with E-state index < -0.39 is 17.7 Å². The first-order valence-electron chi connectivity index (χ1n) is 12.2. The Kier molecular flexibility index (Phi) is 7.35. The second-order valence-electron chi connectivity index (χ2n) is 8.94. The van der Waals surface area contributed by atoms with Crippen LogP contribution in [0.1, 0.15) is 36.2 Å². The van der Waals surface area contributed by atoms with Crippen molar-refractivity contribution in [3.63, 3.8) is 0 Å². The molecule has 0 saturated heterocycles. The van der Waals surface area contributed by atoms with Crippen LogP contribution in [0.3, 0.4) is 0 Å². The zero-order chi connectivity index (χ0) is 26.5. The zero-order valence-electron chi connectivity index (χ0n) is 20.3. The number of aliphatic carboxylic acids is 1. The van der Waals surface area contributed by atoms with Crippen molar-refractivity contribution in [1.82, 2.24) is 29.9 Å². The Morgan fingerprint density at radius 2 is 1.82 bits per heavy atom. The standard InChI is InChI=1S/C25H26FN9O3/c26-17-12-27-10-8-18(17)33-25(38)20-13-30-24-19(32-21-3-1-2-9-28-21)11-22(34-35(20)24)31-16-6-4-15(5-7-16)29-14-23(36)37/h1-3,8-13,15-16,29H,4-7,14H2,(H,28,32)(H,31,34)(H,36,37)(H,27,33,38). The first-order chi connectivity index (χ1) is 18.5. The van der Waals surface area contributed by atoms with Crippen LogP contribution >= 0.6 is 0 Å². The lowest BCUT2D eigenvalue weighted by atomic mass is 9.91. The van der Waals surface area contributed by atoms with Gasteiger partial charge in [0.2, 0.25) is 0 Å². The number of hydrogen-bond acceptors (Lipinski definition) is 9. The highest BCUT2D eigenvalue weighted by atomic mass is 19.1. The minimum atomic E-state index is -0.873. The average Bonchev–Trinajstić information content (AvgIpc) is 3.35. The molecule has 0 bridgehead atoms. The van der Waals surface area contributed by atoms with E-state index in [0.717, 1.165) is 31.9 Å². The number of nitrogens with one attached hydrogen (secondary N) is 4. The van der Waals surface area contributed by atoms with Gasteiger partial charge in [-0.1, -0.05) is 6.07 Å². The number of halogens is 1. The van der Waals surface area contributed by atoms with E-state index in [-0.39, 0.29) is 30.0 Å². The Hall–Kier alpha value is -4.65. The molecule has 4 aromatic rings. The number of imidazole rings is 1. The molecule has 1 amide bonds. The molecule has 0 aromatic carbocycles. The van der Waals surface area contributed by atoms with Crippen LogP contribution in [0.15, 0.2) is 55.1 Å². The van der Waals surface area contributed by atoms with Crippen LogP contribution in [0.25, 0.3) is 5.65 Å². The van der Waals surface area contributed by atoms with Gasteiger partial charge in [-0.25, -0.2) is 18.9 Å². The van der Waals surface area contributed by atoms with E-state index in [1.165, 1.54) is 23.0 Å². The number of anilines is 4. The number of hydrogen-bond donors (Lipinski definition) is 5. The Morgan fingerprint density at radius 1 is 1.00 bits per heavy atom. The van der Waals surface area contributed by atoms with Crippen molar-refractivity contribution in [2.45, 2.75) is 37.8 Å². The molecule has 1 aliphatic carbocycles. The van der Waals surface area contributed by atoms with Crippen LogP contribution in [0.2, 0.25) is 0 Å². The third kappa shape index (κ3) is 5.83. The van der Waals surface area contributed by atoms with Gasteiger partial charge >= 0.3 is 5.97 Å². The van der Waals surface area contributed by atoms with Gasteiger partial charge in [-0.2, -0.15) is 0 Å². The molecular formula is C25H26FN9O3. The second-order valence-corrected chi connectivity index (χ2v) is 8.94. The number of pyridine rings is 2. The van der Waals surface area contributed by atoms with E-state index in [1.54, 1.807) is 24.4 Å². The number of amides is 1. The highest BCUT2D eigenvalue weighted by molar-refractivity contribution is 6.03. The number of carboxylic acid groups (broad SMARTS) is 1. The minimum Gasteiger partial charge on any atom is -0.480 e. The van der Waals surface area contributed by atoms with Gasteiger partial charge < -0.3 is 26.4 Å². The first-order valence-corrected chi connectivity index (χ1v) is 12.2. The third-order valence-electron chi connectivity index (χ3n) is 6.27. The van der Waals surface area contributed by atoms with Gasteiger partial charge in [0, 0.05) is 30.5 Å². The summed E-state index contributed by atoms with van der Waals surface area (Å²) in [5.74, 6) is -1.01. The Balaban J connectivity index is 1.40. The lowest BCUT2D eigenvalue weighted by Gasteiger charge is -2.29. The van der Waals surface area contributed by atoms with Gasteiger partial charge in [-0.15, -0.1) is 5.10 Å². The maximum absolute atomic E-state index is 14.1. The number of carbonyl (C=O) groups excluding carboxylic acids is 1. The predicted octanol–water partition coefficient (Wildman–Crippen LogP) is 3.05. The number of nitrogens with zero attached hydrogens (tertiary/aromatic N) is 5. The molecule has 5 rings (SSSR count). The molecule has 0 spiro atoms. The SMILES string of the molecule is O=C(O)CNC1CCC(Nc2cc(Nc3ccccn3)c3ncc(C(=O)Nc4ccncc4F)n3n2)CC1. The average molecular weight is 520 g/mol. The molecule has 0 unspecified atom stereocenters. The Bertz CT molecular complexity index is 1440. The number of fused-ring (bicyclic) bond motifs is 1. The summed E-state index contributed by atoms with van der Waals surface area (Å²) in [5, 5.41) is 25.8. The van der Waals surface area contributed by atoms with Crippen LogP contribution in [-0.2, 0) is 4.79 Å². The van der Waals surface area contributed by atoms with Crippen molar-refractivity contribution < 1.29 is 19.1 Å². The smallest absolute Gasteiger partial charge is 0.317 e. The molecule has 0 atom stereocenters. The first kappa shape index (κ1) is 25.0. The van der Waals surface area contributed by atoms with Crippen molar-refractivity contribution >= 4 is 40.5 Å². The van der Waals surface area contributed by atoms with Crippen molar-refractivity contribution in [1.29, 1.82) is 0 Å². The fraction of sp³-hybridized carbons (Fsp3) is 0.280. The zero-order valence-corrected chi connectivity index (χ0v) is 20.3. The largest absolute Gasteiger partial charge is 0.480 e. The maximum atomic E-state index is 14.1. The van der Waals surface area contributed by atoms with Gasteiger partial charge in [0.1, 0.15) is 11.6 Å². The fourth-order valence-corrected chi connectivity index (χ4v) is 4.41. The van der Waals surface area contributed by atoms with Gasteiger partial charge in [0.15, 0.2) is 17.2 Å². The van der Waals surface area contributed by atoms with Gasteiger partial charge in [-0.3, -0.25) is 14.6 Å². The Morgan fingerprint density at radius 3 is 2.55 bits per heavy atom. The number of carboxylic acids is 1. The van der Waals surface area contributed by atoms with Crippen LogP contribution in [-0.4, -0.2) is 60.2 Å². The molecule has 1 fully saturated rings. The van der Waals surface area contributed by atoms with Gasteiger partial charge in [0.05, 0.1) is 30.3 Å². The molecule has 38 heavy (non-hydrogen) atoms. The van der Waals surface area contributed by atoms with E-state index in [2.05, 4.69) is 41.3 Å². The van der Waals surface area contributed by atoms with Crippen molar-refractivity contribution in [2.24, 2.45) is 0 Å². The van der Waals surface area contributed by atoms with Gasteiger partial charge in [0.25, 0.3) is 5.91 Å². The van der Waals surface area contributed by atoms with Gasteiger partial charge in [-0.05, 0) is 43.9 Å². The molecule has 4 heterocycles. The van der Waals surface area contributed by atoms with Crippen LogP contribution in [0.4, 0.5) is 27.4 Å². The number of rotatable bonds is 9. The maximum Gasteiger partial charge on any atom is 0.317 e. The quantitative estimate of drug-likeness (QED) is 0.222. The number of carbonyl (C=O) groups is 2. The predicted molar refractivity (Wildman–Crippen MR) is 138 cm³/mol. The topological polar surface area (TPSA) is 158 Å². The van der Waals surface area contributed by atoms with E-state index in [4.69, 9.17) is 5.11 Å². The van der Waals surface area contributed by atoms with E-state index in [9.17, 15) is 14.0 Å². The van der Waals surface area contributed by atoms with Crippen molar-refractivity contribution in [2.75, 3.05) is 22.5 Å². The van der Waals surface area contributed by atoms with Crippen molar-refractivity contribution in [3.8, 4) is 0 Å². The number of aromatic nitrogens is 5. The highest BCUT2D eigenvalue weighted by Crippen LogP contribution is 2.27. The molecule has 196 valence electrons. The molecule has 4 aromatic heterocycles. The molecule has 1 aliphatic rings. The Labute approximate surface area is 216 Å². The third-order valence-corrected chi connectivity index (χ3v) is 6.27. The monoisotopic (exact) mass is 519 g/mol. The summed E-state index contributed by atoms with van der Waals surface area (Å²) in [5.41, 5.74) is 1.08. The fourth-order valence-electron chi connectivity index (χ4n) is 4.41. The molecular weight excluding hydrogens is 493 g/mol. The van der Waals surface area contributed by atoms with Crippen LogP contribution < -0.4 is 21.3 Å². The molecule has 0 aliphatic heterocycles. The minimum absolute atomic E-state index is 0.00525. The summed E-state index contributed by atoms with van der Waals surface area (Å²) in [7, 11) is 0. The lowest BCUT2D eigenvalue weighted by molar-refractivity contribution is -0.136. The lowest BCUT2D eigenvalue weighted by Crippen LogP contribution is -2.39. The van der Waals surface area contributed by atoms with Crippen LogP contribution in [0.5, 0.6) is 0 Å². The summed E-state index contributed by atoms with van der Waals surface area (Å²) < 4.78 is 15.5. The highest BCUT2D eigenvalue weighted by Gasteiger charge is 2.23. The normalized spacial score (nSPS) is 17.2. The summed E-state index contributed by atoms with van der Waals surface area (Å²) in [6.45, 7) is -0.0571. The van der Waals surface area contributed by atoms with E-state index in [0.29, 0.717) is 23.0 Å².